The predicted molar refractivity (Wildman–Crippen MR) is 74.1 cm³/mol. The van der Waals surface area contributed by atoms with E-state index in [1.54, 1.807) is 37.1 Å². The van der Waals surface area contributed by atoms with E-state index in [-0.39, 0.29) is 5.69 Å². The summed E-state index contributed by atoms with van der Waals surface area (Å²) < 4.78 is 12.1. The Morgan fingerprint density at radius 3 is 2.65 bits per heavy atom. The maximum atomic E-state index is 11.1. The highest BCUT2D eigenvalue weighted by atomic mass is 16.5. The first-order valence-electron chi connectivity index (χ1n) is 5.97. The standard InChI is InChI=1S/C14H15N3O3/c1-4-7-17-14(11(9-18)15-16-17)10-5-6-12(19-2)13(8-10)20-3/h4-6,8-9H,1,7H2,2-3H3. The van der Waals surface area contributed by atoms with E-state index in [9.17, 15) is 4.79 Å². The van der Waals surface area contributed by atoms with E-state index < -0.39 is 0 Å². The first kappa shape index (κ1) is 13.8. The largest absolute Gasteiger partial charge is 0.493 e. The van der Waals surface area contributed by atoms with E-state index in [0.29, 0.717) is 30.0 Å². The number of aldehydes is 1. The summed E-state index contributed by atoms with van der Waals surface area (Å²) in [7, 11) is 3.12. The van der Waals surface area contributed by atoms with Crippen molar-refractivity contribution in [1.82, 2.24) is 15.0 Å². The molecule has 0 saturated carbocycles. The van der Waals surface area contributed by atoms with Gasteiger partial charge in [0.05, 0.1) is 26.5 Å². The average Bonchev–Trinajstić information content (AvgIpc) is 2.89. The van der Waals surface area contributed by atoms with Crippen molar-refractivity contribution in [2.75, 3.05) is 14.2 Å². The molecule has 1 heterocycles. The van der Waals surface area contributed by atoms with Crippen LogP contribution in [0, 0.1) is 0 Å². The third-order valence-electron chi connectivity index (χ3n) is 2.83. The van der Waals surface area contributed by atoms with E-state index >= 15 is 0 Å². The van der Waals surface area contributed by atoms with Crippen molar-refractivity contribution in [3.63, 3.8) is 0 Å². The minimum Gasteiger partial charge on any atom is -0.493 e. The first-order valence-corrected chi connectivity index (χ1v) is 5.97. The average molecular weight is 273 g/mol. The normalized spacial score (nSPS) is 10.1. The van der Waals surface area contributed by atoms with Crippen molar-refractivity contribution in [3.8, 4) is 22.8 Å². The van der Waals surface area contributed by atoms with Gasteiger partial charge in [0.2, 0.25) is 0 Å². The molecule has 0 aliphatic heterocycles. The topological polar surface area (TPSA) is 66.2 Å². The first-order chi connectivity index (χ1) is 9.74. The molecule has 2 rings (SSSR count). The number of carbonyl (C=O) groups is 1. The molecule has 0 N–H and O–H groups in total. The molecule has 0 spiro atoms. The summed E-state index contributed by atoms with van der Waals surface area (Å²) in [5.41, 5.74) is 1.68. The summed E-state index contributed by atoms with van der Waals surface area (Å²) in [6.45, 7) is 4.13. The van der Waals surface area contributed by atoms with Gasteiger partial charge >= 0.3 is 0 Å². The minimum absolute atomic E-state index is 0.277. The molecule has 0 amide bonds. The van der Waals surface area contributed by atoms with Gasteiger partial charge in [0.15, 0.2) is 23.5 Å². The Kier molecular flexibility index (Phi) is 4.14. The highest BCUT2D eigenvalue weighted by Gasteiger charge is 2.16. The van der Waals surface area contributed by atoms with Gasteiger partial charge in [-0.25, -0.2) is 4.68 Å². The molecule has 0 atom stereocenters. The second-order valence-corrected chi connectivity index (χ2v) is 3.98. The molecule has 0 aliphatic rings. The Balaban J connectivity index is 2.57. The second kappa shape index (κ2) is 6.01. The van der Waals surface area contributed by atoms with Gasteiger partial charge in [-0.05, 0) is 18.2 Å². The van der Waals surface area contributed by atoms with Gasteiger partial charge in [-0.15, -0.1) is 11.7 Å². The van der Waals surface area contributed by atoms with E-state index in [4.69, 9.17) is 9.47 Å². The zero-order valence-corrected chi connectivity index (χ0v) is 11.4. The molecular weight excluding hydrogens is 258 g/mol. The monoisotopic (exact) mass is 273 g/mol. The van der Waals surface area contributed by atoms with Crippen LogP contribution < -0.4 is 9.47 Å². The zero-order valence-electron chi connectivity index (χ0n) is 11.4. The highest BCUT2D eigenvalue weighted by Crippen LogP contribution is 2.32. The van der Waals surface area contributed by atoms with Gasteiger partial charge in [-0.3, -0.25) is 4.79 Å². The summed E-state index contributed by atoms with van der Waals surface area (Å²) in [5, 5.41) is 7.80. The molecule has 6 heteroatoms. The number of hydrogen-bond donors (Lipinski definition) is 0. The Bertz CT molecular complexity index is 635. The molecule has 0 unspecified atom stereocenters. The van der Waals surface area contributed by atoms with E-state index in [0.717, 1.165) is 5.56 Å². The van der Waals surface area contributed by atoms with E-state index in [1.807, 2.05) is 6.07 Å². The zero-order chi connectivity index (χ0) is 14.5. The van der Waals surface area contributed by atoms with E-state index in [1.165, 1.54) is 0 Å². The fourth-order valence-corrected chi connectivity index (χ4v) is 1.94. The Labute approximate surface area is 116 Å². The number of methoxy groups -OCH3 is 2. The van der Waals surface area contributed by atoms with E-state index in [2.05, 4.69) is 16.9 Å². The Hall–Kier alpha value is -2.63. The fraction of sp³-hybridized carbons (Fsp3) is 0.214. The molecular formula is C14H15N3O3. The highest BCUT2D eigenvalue weighted by molar-refractivity contribution is 5.83. The SMILES string of the molecule is C=CCn1nnc(C=O)c1-c1ccc(OC)c(OC)c1. The number of nitrogens with zero attached hydrogens (tertiary/aromatic N) is 3. The number of hydrogen-bond acceptors (Lipinski definition) is 5. The van der Waals surface area contributed by atoms with Gasteiger partial charge in [0.1, 0.15) is 0 Å². The van der Waals surface area contributed by atoms with Crippen molar-refractivity contribution < 1.29 is 14.3 Å². The van der Waals surface area contributed by atoms with Crippen LogP contribution in [0.25, 0.3) is 11.3 Å². The Morgan fingerprint density at radius 1 is 1.30 bits per heavy atom. The molecule has 20 heavy (non-hydrogen) atoms. The summed E-state index contributed by atoms with van der Waals surface area (Å²) >= 11 is 0. The van der Waals surface area contributed by atoms with Crippen LogP contribution in [-0.4, -0.2) is 35.5 Å². The van der Waals surface area contributed by atoms with Crippen molar-refractivity contribution in [3.05, 3.63) is 36.5 Å². The predicted octanol–water partition coefficient (Wildman–Crippen LogP) is 1.96. The quantitative estimate of drug-likeness (QED) is 0.594. The number of carbonyl (C=O) groups excluding carboxylic acids is 1. The summed E-state index contributed by atoms with van der Waals surface area (Å²) in [6, 6.07) is 5.38. The number of benzene rings is 1. The van der Waals surface area contributed by atoms with Crippen molar-refractivity contribution in [2.45, 2.75) is 6.54 Å². The third-order valence-corrected chi connectivity index (χ3v) is 2.83. The number of ether oxygens (including phenoxy) is 2. The lowest BCUT2D eigenvalue weighted by molar-refractivity contribution is 0.111. The molecule has 0 saturated heterocycles. The Morgan fingerprint density at radius 2 is 2.05 bits per heavy atom. The minimum atomic E-state index is 0.277. The molecule has 1 aromatic carbocycles. The summed E-state index contributed by atoms with van der Waals surface area (Å²) in [4.78, 5) is 11.1. The molecule has 104 valence electrons. The van der Waals surface area contributed by atoms with Crippen LogP contribution >= 0.6 is 0 Å². The number of allylic oxidation sites excluding steroid dienone is 1. The lowest BCUT2D eigenvalue weighted by Gasteiger charge is -2.10. The van der Waals surface area contributed by atoms with Gasteiger partial charge in [0, 0.05) is 5.56 Å². The number of rotatable bonds is 6. The summed E-state index contributed by atoms with van der Waals surface area (Å²) in [6.07, 6.45) is 2.37. The van der Waals surface area contributed by atoms with Gasteiger partial charge in [-0.2, -0.15) is 0 Å². The maximum Gasteiger partial charge on any atom is 0.172 e. The maximum absolute atomic E-state index is 11.1. The fourth-order valence-electron chi connectivity index (χ4n) is 1.94. The van der Waals surface area contributed by atoms with Crippen molar-refractivity contribution in [2.24, 2.45) is 0 Å². The van der Waals surface area contributed by atoms with Crippen LogP contribution in [0.4, 0.5) is 0 Å². The van der Waals surface area contributed by atoms with Crippen LogP contribution in [0.15, 0.2) is 30.9 Å². The number of aromatic nitrogens is 3. The second-order valence-electron chi connectivity index (χ2n) is 3.98. The van der Waals surface area contributed by atoms with Crippen LogP contribution in [0.2, 0.25) is 0 Å². The molecule has 0 fully saturated rings. The lowest BCUT2D eigenvalue weighted by Crippen LogP contribution is -2.01. The lowest BCUT2D eigenvalue weighted by atomic mass is 10.1. The molecule has 0 aliphatic carbocycles. The van der Waals surface area contributed by atoms with Crippen LogP contribution in [0.1, 0.15) is 10.5 Å². The van der Waals surface area contributed by atoms with Crippen LogP contribution in [0.3, 0.4) is 0 Å². The smallest absolute Gasteiger partial charge is 0.172 e. The van der Waals surface area contributed by atoms with Gasteiger partial charge in [-0.1, -0.05) is 11.3 Å². The van der Waals surface area contributed by atoms with Crippen LogP contribution in [0.5, 0.6) is 11.5 Å². The molecule has 2 aromatic rings. The van der Waals surface area contributed by atoms with Crippen molar-refractivity contribution in [1.29, 1.82) is 0 Å². The van der Waals surface area contributed by atoms with Gasteiger partial charge in [0.25, 0.3) is 0 Å². The summed E-state index contributed by atoms with van der Waals surface area (Å²) in [5.74, 6) is 1.19. The molecule has 6 nitrogen and oxygen atoms in total. The molecule has 0 bridgehead atoms. The molecule has 1 aromatic heterocycles. The third kappa shape index (κ3) is 2.40. The molecule has 0 radical (unpaired) electrons. The van der Waals surface area contributed by atoms with Gasteiger partial charge < -0.3 is 9.47 Å². The van der Waals surface area contributed by atoms with Crippen molar-refractivity contribution >= 4 is 6.29 Å². The van der Waals surface area contributed by atoms with Crippen LogP contribution in [-0.2, 0) is 6.54 Å².